The molecule has 0 bridgehead atoms. The number of anilines is 1. The highest BCUT2D eigenvalue weighted by Crippen LogP contribution is 2.41. The maximum absolute atomic E-state index is 12.9. The van der Waals surface area contributed by atoms with E-state index < -0.39 is 47.2 Å². The monoisotopic (exact) mass is 495 g/mol. The van der Waals surface area contributed by atoms with E-state index in [-0.39, 0.29) is 22.9 Å². The number of allylic oxidation sites excluding steroid dienone is 1. The number of amides is 2. The van der Waals surface area contributed by atoms with Gasteiger partial charge >= 0.3 is 11.9 Å². The maximum Gasteiger partial charge on any atom is 0.358 e. The van der Waals surface area contributed by atoms with Crippen LogP contribution in [-0.4, -0.2) is 68.0 Å². The quantitative estimate of drug-likeness (QED) is 0.116. The molecule has 1 aromatic rings. The molecule has 2 aliphatic heterocycles. The molecule has 3 atom stereocenters. The molecular weight excluding hydrogens is 474 g/mol. The molecule has 14 heteroatoms. The number of ether oxygens (including phenoxy) is 2. The SMILES string of the molecule is C=CC1=C(C(=O)OC(C)OC(=O)CC)N2C(=O)C(NC(=O)C(=NO)c3csc(N)n3)[C@@H]2SC1. The molecule has 12 nitrogen and oxygen atoms in total. The van der Waals surface area contributed by atoms with Crippen LogP contribution < -0.4 is 11.1 Å². The van der Waals surface area contributed by atoms with Crippen LogP contribution in [0.25, 0.3) is 0 Å². The Hall–Kier alpha value is -3.39. The number of hydrogen-bond acceptors (Lipinski definition) is 12. The van der Waals surface area contributed by atoms with Crippen LogP contribution in [0.5, 0.6) is 0 Å². The summed E-state index contributed by atoms with van der Waals surface area (Å²) in [6.45, 7) is 6.66. The zero-order valence-corrected chi connectivity index (χ0v) is 19.3. The molecule has 1 saturated heterocycles. The van der Waals surface area contributed by atoms with E-state index in [9.17, 15) is 24.4 Å². The molecule has 0 spiro atoms. The molecule has 176 valence electrons. The molecule has 1 fully saturated rings. The first-order chi connectivity index (χ1) is 15.7. The van der Waals surface area contributed by atoms with Crippen molar-refractivity contribution < 1.29 is 33.9 Å². The number of hydrogen-bond donors (Lipinski definition) is 3. The average molecular weight is 496 g/mol. The fourth-order valence-electron chi connectivity index (χ4n) is 3.11. The summed E-state index contributed by atoms with van der Waals surface area (Å²) in [5.74, 6) is -2.48. The third-order valence-electron chi connectivity index (χ3n) is 4.66. The number of thiazole rings is 1. The largest absolute Gasteiger partial charge is 0.425 e. The lowest BCUT2D eigenvalue weighted by Crippen LogP contribution is -2.71. The van der Waals surface area contributed by atoms with Crippen molar-refractivity contribution in [1.29, 1.82) is 0 Å². The van der Waals surface area contributed by atoms with Gasteiger partial charge in [-0.25, -0.2) is 9.78 Å². The summed E-state index contributed by atoms with van der Waals surface area (Å²) in [5.41, 5.74) is 5.64. The first kappa shape index (κ1) is 24.3. The Bertz CT molecular complexity index is 1070. The topological polar surface area (TPSA) is 174 Å². The van der Waals surface area contributed by atoms with Gasteiger partial charge in [0.25, 0.3) is 11.8 Å². The van der Waals surface area contributed by atoms with Gasteiger partial charge in [-0.2, -0.15) is 0 Å². The van der Waals surface area contributed by atoms with Crippen LogP contribution in [0.4, 0.5) is 5.13 Å². The molecule has 2 amide bonds. The van der Waals surface area contributed by atoms with Gasteiger partial charge in [0, 0.05) is 24.5 Å². The van der Waals surface area contributed by atoms with Crippen molar-refractivity contribution in [2.24, 2.45) is 5.16 Å². The minimum Gasteiger partial charge on any atom is -0.425 e. The Morgan fingerprint density at radius 2 is 2.21 bits per heavy atom. The summed E-state index contributed by atoms with van der Waals surface area (Å²) in [6.07, 6.45) is 0.391. The molecule has 2 aliphatic rings. The first-order valence-electron chi connectivity index (χ1n) is 9.66. The number of rotatable bonds is 8. The van der Waals surface area contributed by atoms with Gasteiger partial charge in [-0.3, -0.25) is 19.3 Å². The number of esters is 2. The van der Waals surface area contributed by atoms with E-state index in [1.54, 1.807) is 6.92 Å². The second-order valence-corrected chi connectivity index (χ2v) is 8.77. The number of carbonyl (C=O) groups excluding carboxylic acids is 4. The number of fused-ring (bicyclic) bond motifs is 1. The number of carbonyl (C=O) groups is 4. The van der Waals surface area contributed by atoms with Gasteiger partial charge in [-0.1, -0.05) is 24.7 Å². The van der Waals surface area contributed by atoms with Crippen LogP contribution in [0.3, 0.4) is 0 Å². The van der Waals surface area contributed by atoms with E-state index in [1.807, 2.05) is 0 Å². The van der Waals surface area contributed by atoms with Crippen LogP contribution in [-0.2, 0) is 28.7 Å². The summed E-state index contributed by atoms with van der Waals surface area (Å²) in [6, 6.07) is -0.986. The Morgan fingerprint density at radius 1 is 1.48 bits per heavy atom. The minimum atomic E-state index is -1.16. The van der Waals surface area contributed by atoms with Gasteiger partial charge in [-0.15, -0.1) is 23.1 Å². The number of oxime groups is 1. The molecule has 2 unspecified atom stereocenters. The molecule has 0 saturated carbocycles. The summed E-state index contributed by atoms with van der Waals surface area (Å²) in [4.78, 5) is 54.7. The van der Waals surface area contributed by atoms with Gasteiger partial charge in [0.05, 0.1) is 0 Å². The van der Waals surface area contributed by atoms with Gasteiger partial charge in [0.1, 0.15) is 22.8 Å². The number of β-lactam (4-membered cyclic amide) rings is 1. The highest BCUT2D eigenvalue weighted by Gasteiger charge is 2.54. The van der Waals surface area contributed by atoms with Crippen molar-refractivity contribution in [1.82, 2.24) is 15.2 Å². The molecule has 1 aromatic heterocycles. The molecule has 3 rings (SSSR count). The molecule has 0 aromatic carbocycles. The number of nitrogens with two attached hydrogens (primary N) is 1. The number of aromatic nitrogens is 1. The normalized spacial score (nSPS) is 21.0. The Labute approximate surface area is 196 Å². The van der Waals surface area contributed by atoms with Crippen LogP contribution >= 0.6 is 23.1 Å². The lowest BCUT2D eigenvalue weighted by molar-refractivity contribution is -0.184. The van der Waals surface area contributed by atoms with E-state index >= 15 is 0 Å². The number of thioether (sulfide) groups is 1. The second-order valence-electron chi connectivity index (χ2n) is 6.77. The molecular formula is C19H21N5O7S2. The smallest absolute Gasteiger partial charge is 0.358 e. The van der Waals surface area contributed by atoms with Crippen LogP contribution in [0.15, 0.2) is 34.5 Å². The Morgan fingerprint density at radius 3 is 2.79 bits per heavy atom. The van der Waals surface area contributed by atoms with Crippen molar-refractivity contribution in [2.45, 2.75) is 38.0 Å². The van der Waals surface area contributed by atoms with E-state index in [4.69, 9.17) is 15.2 Å². The maximum atomic E-state index is 12.9. The molecule has 3 heterocycles. The summed E-state index contributed by atoms with van der Waals surface area (Å²) < 4.78 is 10.1. The van der Waals surface area contributed by atoms with Crippen molar-refractivity contribution in [3.63, 3.8) is 0 Å². The van der Waals surface area contributed by atoms with Gasteiger partial charge < -0.3 is 25.7 Å². The van der Waals surface area contributed by atoms with Gasteiger partial charge in [0.15, 0.2) is 10.8 Å². The van der Waals surface area contributed by atoms with Crippen molar-refractivity contribution in [3.05, 3.63) is 35.0 Å². The van der Waals surface area contributed by atoms with E-state index in [2.05, 4.69) is 22.0 Å². The van der Waals surface area contributed by atoms with Crippen molar-refractivity contribution in [2.75, 3.05) is 11.5 Å². The van der Waals surface area contributed by atoms with Crippen molar-refractivity contribution >= 4 is 57.7 Å². The standard InChI is InChI=1S/C19H21N5O7S2/c1-4-9-6-32-17-13(22-15(26)12(23-29)10-7-33-19(20)21-10)16(27)24(17)14(9)18(28)31-8(3)30-11(25)5-2/h4,7-8,13,17,29H,1,5-6H2,2-3H3,(H2,20,21)(H,22,26)/t8?,13?,17-/m0/s1. The zero-order chi connectivity index (χ0) is 24.3. The van der Waals surface area contributed by atoms with E-state index in [0.29, 0.717) is 11.3 Å². The number of nitrogens with one attached hydrogen (secondary N) is 1. The van der Waals surface area contributed by atoms with Gasteiger partial charge in [-0.05, 0) is 5.57 Å². The van der Waals surface area contributed by atoms with Crippen LogP contribution in [0, 0.1) is 0 Å². The lowest BCUT2D eigenvalue weighted by Gasteiger charge is -2.49. The highest BCUT2D eigenvalue weighted by atomic mass is 32.2. The van der Waals surface area contributed by atoms with E-state index in [1.165, 1.54) is 35.0 Å². The average Bonchev–Trinajstić information content (AvgIpc) is 3.22. The Balaban J connectivity index is 1.74. The fourth-order valence-corrected chi connectivity index (χ4v) is 4.99. The first-order valence-corrected chi connectivity index (χ1v) is 11.6. The predicted octanol–water partition coefficient (Wildman–Crippen LogP) is 0.586. The zero-order valence-electron chi connectivity index (χ0n) is 17.6. The fraction of sp³-hybridized carbons (Fsp3) is 0.368. The molecule has 33 heavy (non-hydrogen) atoms. The highest BCUT2D eigenvalue weighted by molar-refractivity contribution is 8.00. The lowest BCUT2D eigenvalue weighted by atomic mass is 10.0. The minimum absolute atomic E-state index is 0.0352. The summed E-state index contributed by atoms with van der Waals surface area (Å²) >= 11 is 2.36. The van der Waals surface area contributed by atoms with Gasteiger partial charge in [0.2, 0.25) is 6.29 Å². The summed E-state index contributed by atoms with van der Waals surface area (Å²) in [5, 5.41) is 15.7. The summed E-state index contributed by atoms with van der Waals surface area (Å²) in [7, 11) is 0. The Kier molecular flexibility index (Phi) is 7.38. The van der Waals surface area contributed by atoms with Crippen LogP contribution in [0.1, 0.15) is 26.0 Å². The second kappa shape index (κ2) is 10.0. The number of nitrogens with zero attached hydrogens (tertiary/aromatic N) is 3. The predicted molar refractivity (Wildman–Crippen MR) is 119 cm³/mol. The molecule has 0 radical (unpaired) electrons. The third kappa shape index (κ3) is 4.85. The molecule has 4 N–H and O–H groups in total. The van der Waals surface area contributed by atoms with Crippen LogP contribution in [0.2, 0.25) is 0 Å². The number of nitrogen functional groups attached to an aromatic ring is 1. The van der Waals surface area contributed by atoms with Crippen molar-refractivity contribution in [3.8, 4) is 0 Å². The third-order valence-corrected chi connectivity index (χ3v) is 6.64. The molecule has 0 aliphatic carbocycles. The van der Waals surface area contributed by atoms with E-state index in [0.717, 1.165) is 11.3 Å².